The Balaban J connectivity index is 2.75. The Morgan fingerprint density at radius 3 is 2.35 bits per heavy atom. The smallest absolute Gasteiger partial charge is 0.408 e. The van der Waals surface area contributed by atoms with Crippen LogP contribution >= 0.6 is 0 Å². The van der Waals surface area contributed by atoms with Gasteiger partial charge in [-0.05, 0) is 33.3 Å². The number of ether oxygens (including phenoxy) is 1. The van der Waals surface area contributed by atoms with E-state index >= 15 is 0 Å². The molecule has 0 aromatic heterocycles. The molecule has 2 atom stereocenters. The first-order chi connectivity index (χ1) is 10.7. The fourth-order valence-corrected chi connectivity index (χ4v) is 1.88. The number of hydrogen-bond donors (Lipinski definition) is 3. The molecule has 0 aliphatic heterocycles. The summed E-state index contributed by atoms with van der Waals surface area (Å²) < 4.78 is 5.20. The zero-order chi connectivity index (χ0) is 17.5. The quantitative estimate of drug-likeness (QED) is 0.742. The van der Waals surface area contributed by atoms with Gasteiger partial charge in [-0.2, -0.15) is 0 Å². The zero-order valence-corrected chi connectivity index (χ0v) is 14.1. The number of amides is 2. The minimum absolute atomic E-state index is 0.125. The number of hydrogen-bond acceptors (Lipinski definition) is 4. The normalized spacial score (nSPS) is 13.8. The lowest BCUT2D eigenvalue weighted by Gasteiger charge is -2.23. The Bertz CT molecular complexity index is 509. The van der Waals surface area contributed by atoms with Gasteiger partial charge in [0.2, 0.25) is 5.91 Å². The third-order valence-electron chi connectivity index (χ3n) is 2.86. The number of carbonyl (C=O) groups is 2. The van der Waals surface area contributed by atoms with Crippen molar-refractivity contribution in [1.82, 2.24) is 10.6 Å². The van der Waals surface area contributed by atoms with Crippen LogP contribution in [-0.2, 0) is 16.0 Å². The molecule has 128 valence electrons. The van der Waals surface area contributed by atoms with Gasteiger partial charge in [-0.15, -0.1) is 0 Å². The van der Waals surface area contributed by atoms with E-state index < -0.39 is 23.8 Å². The van der Waals surface area contributed by atoms with Crippen molar-refractivity contribution >= 4 is 12.0 Å². The summed E-state index contributed by atoms with van der Waals surface area (Å²) in [5.74, 6) is -0.361. The number of alkyl carbamates (subject to hydrolysis) is 1. The molecule has 0 spiro atoms. The number of aliphatic hydroxyl groups excluding tert-OH is 1. The maximum atomic E-state index is 12.3. The SMILES string of the molecule is C[C@H](O)CNC(=O)[C@H](Cc1ccccc1)NC(=O)OC(C)(C)C. The largest absolute Gasteiger partial charge is 0.444 e. The predicted octanol–water partition coefficient (Wildman–Crippen LogP) is 1.62. The summed E-state index contributed by atoms with van der Waals surface area (Å²) in [7, 11) is 0. The summed E-state index contributed by atoms with van der Waals surface area (Å²) in [6.07, 6.45) is -0.963. The lowest BCUT2D eigenvalue weighted by molar-refractivity contribution is -0.123. The summed E-state index contributed by atoms with van der Waals surface area (Å²) in [5, 5.41) is 14.5. The van der Waals surface area contributed by atoms with Gasteiger partial charge in [-0.1, -0.05) is 30.3 Å². The maximum Gasteiger partial charge on any atom is 0.408 e. The van der Waals surface area contributed by atoms with Gasteiger partial charge in [0.15, 0.2) is 0 Å². The van der Waals surface area contributed by atoms with Gasteiger partial charge in [0.05, 0.1) is 6.10 Å². The molecule has 0 saturated carbocycles. The number of benzene rings is 1. The average molecular weight is 322 g/mol. The molecule has 0 fully saturated rings. The number of carbonyl (C=O) groups excluding carboxylic acids is 2. The van der Waals surface area contributed by atoms with Crippen molar-refractivity contribution in [2.45, 2.75) is 51.9 Å². The molecule has 1 aromatic carbocycles. The number of nitrogens with one attached hydrogen (secondary N) is 2. The highest BCUT2D eigenvalue weighted by Crippen LogP contribution is 2.08. The van der Waals surface area contributed by atoms with E-state index in [-0.39, 0.29) is 12.5 Å². The molecule has 0 aliphatic rings. The van der Waals surface area contributed by atoms with Crippen LogP contribution in [0.1, 0.15) is 33.3 Å². The van der Waals surface area contributed by atoms with Crippen molar-refractivity contribution in [1.29, 1.82) is 0 Å². The van der Waals surface area contributed by atoms with Crippen LogP contribution in [0.15, 0.2) is 30.3 Å². The molecule has 0 bridgehead atoms. The van der Waals surface area contributed by atoms with Gasteiger partial charge in [-0.25, -0.2) is 4.79 Å². The zero-order valence-electron chi connectivity index (χ0n) is 14.1. The molecule has 6 nitrogen and oxygen atoms in total. The lowest BCUT2D eigenvalue weighted by atomic mass is 10.1. The topological polar surface area (TPSA) is 87.7 Å². The van der Waals surface area contributed by atoms with Crippen molar-refractivity contribution in [3.63, 3.8) is 0 Å². The molecule has 0 aliphatic carbocycles. The van der Waals surface area contributed by atoms with E-state index in [0.29, 0.717) is 6.42 Å². The summed E-state index contributed by atoms with van der Waals surface area (Å²) in [6.45, 7) is 6.97. The van der Waals surface area contributed by atoms with E-state index in [2.05, 4.69) is 10.6 Å². The third kappa shape index (κ3) is 8.21. The van der Waals surface area contributed by atoms with E-state index in [1.807, 2.05) is 30.3 Å². The van der Waals surface area contributed by atoms with Crippen LogP contribution in [0, 0.1) is 0 Å². The summed E-state index contributed by atoms with van der Waals surface area (Å²) >= 11 is 0. The Kier molecular flexibility index (Phi) is 7.03. The Labute approximate surface area is 137 Å². The highest BCUT2D eigenvalue weighted by Gasteiger charge is 2.24. The molecule has 1 rings (SSSR count). The highest BCUT2D eigenvalue weighted by atomic mass is 16.6. The minimum Gasteiger partial charge on any atom is -0.444 e. The van der Waals surface area contributed by atoms with Crippen LogP contribution in [-0.4, -0.2) is 41.4 Å². The van der Waals surface area contributed by atoms with Crippen LogP contribution in [0.25, 0.3) is 0 Å². The molecule has 0 heterocycles. The molecule has 23 heavy (non-hydrogen) atoms. The van der Waals surface area contributed by atoms with Crippen LogP contribution < -0.4 is 10.6 Å². The van der Waals surface area contributed by atoms with Crippen LogP contribution in [0.3, 0.4) is 0 Å². The van der Waals surface area contributed by atoms with E-state index in [4.69, 9.17) is 4.74 Å². The van der Waals surface area contributed by atoms with Crippen LogP contribution in [0.5, 0.6) is 0 Å². The van der Waals surface area contributed by atoms with Crippen molar-refractivity contribution in [2.24, 2.45) is 0 Å². The molecule has 0 unspecified atom stereocenters. The molecule has 1 aromatic rings. The van der Waals surface area contributed by atoms with Gasteiger partial charge in [0.1, 0.15) is 11.6 Å². The van der Waals surface area contributed by atoms with E-state index in [1.165, 1.54) is 0 Å². The van der Waals surface area contributed by atoms with Crippen molar-refractivity contribution in [3.05, 3.63) is 35.9 Å². The van der Waals surface area contributed by atoms with Gasteiger partial charge < -0.3 is 20.5 Å². The molecular weight excluding hydrogens is 296 g/mol. The first-order valence-electron chi connectivity index (χ1n) is 7.66. The van der Waals surface area contributed by atoms with Crippen LogP contribution in [0.4, 0.5) is 4.79 Å². The minimum atomic E-state index is -0.772. The first kappa shape index (κ1) is 19.0. The fraction of sp³-hybridized carbons (Fsp3) is 0.529. The Hall–Kier alpha value is -2.08. The second-order valence-corrected chi connectivity index (χ2v) is 6.48. The lowest BCUT2D eigenvalue weighted by Crippen LogP contribution is -2.50. The second kappa shape index (κ2) is 8.53. The van der Waals surface area contributed by atoms with Crippen molar-refractivity contribution < 1.29 is 19.4 Å². The third-order valence-corrected chi connectivity index (χ3v) is 2.86. The van der Waals surface area contributed by atoms with E-state index in [9.17, 15) is 14.7 Å². The predicted molar refractivity (Wildman–Crippen MR) is 88.0 cm³/mol. The fourth-order valence-electron chi connectivity index (χ4n) is 1.88. The molecule has 2 amide bonds. The maximum absolute atomic E-state index is 12.3. The average Bonchev–Trinajstić information content (AvgIpc) is 2.43. The van der Waals surface area contributed by atoms with Crippen molar-refractivity contribution in [2.75, 3.05) is 6.54 Å². The number of aliphatic hydroxyl groups is 1. The molecule has 6 heteroatoms. The van der Waals surface area contributed by atoms with Gasteiger partial charge in [0.25, 0.3) is 0 Å². The van der Waals surface area contributed by atoms with Gasteiger partial charge >= 0.3 is 6.09 Å². The molecular formula is C17H26N2O4. The number of rotatable bonds is 6. The molecule has 0 radical (unpaired) electrons. The standard InChI is InChI=1S/C17H26N2O4/c1-12(20)11-18-15(21)14(10-13-8-6-5-7-9-13)19-16(22)23-17(2,3)4/h5-9,12,14,20H,10-11H2,1-4H3,(H,18,21)(H,19,22)/t12-,14-/m0/s1. The summed E-state index contributed by atoms with van der Waals surface area (Å²) in [5.41, 5.74) is 0.276. The van der Waals surface area contributed by atoms with Crippen molar-refractivity contribution in [3.8, 4) is 0 Å². The summed E-state index contributed by atoms with van der Waals surface area (Å²) in [4.78, 5) is 24.2. The monoisotopic (exact) mass is 322 g/mol. The molecule has 3 N–H and O–H groups in total. The van der Waals surface area contributed by atoms with Crippen LogP contribution in [0.2, 0.25) is 0 Å². The van der Waals surface area contributed by atoms with E-state index in [1.54, 1.807) is 27.7 Å². The molecule has 0 saturated heterocycles. The first-order valence-corrected chi connectivity index (χ1v) is 7.66. The Morgan fingerprint density at radius 1 is 1.22 bits per heavy atom. The Morgan fingerprint density at radius 2 is 1.83 bits per heavy atom. The second-order valence-electron chi connectivity index (χ2n) is 6.48. The van der Waals surface area contributed by atoms with Gasteiger partial charge in [-0.3, -0.25) is 4.79 Å². The van der Waals surface area contributed by atoms with Gasteiger partial charge in [0, 0.05) is 13.0 Å². The van der Waals surface area contributed by atoms with E-state index in [0.717, 1.165) is 5.56 Å². The highest BCUT2D eigenvalue weighted by molar-refractivity contribution is 5.86. The summed E-state index contributed by atoms with van der Waals surface area (Å²) in [6, 6.07) is 8.61.